The molecule has 16 heavy (non-hydrogen) atoms. The molecule has 1 aromatic heterocycles. The Morgan fingerprint density at radius 3 is 3.00 bits per heavy atom. The molecule has 0 amide bonds. The third-order valence-corrected chi connectivity index (χ3v) is 3.14. The molecule has 0 aliphatic carbocycles. The lowest BCUT2D eigenvalue weighted by atomic mass is 10.0. The number of nitrogens with zero attached hydrogens (tertiary/aromatic N) is 2. The van der Waals surface area contributed by atoms with Crippen LogP contribution in [0.4, 0.5) is 0 Å². The molecule has 2 nitrogen and oxygen atoms in total. The highest BCUT2D eigenvalue weighted by Gasteiger charge is 2.25. The van der Waals surface area contributed by atoms with Crippen LogP contribution in [0.1, 0.15) is 12.0 Å². The molecular formula is C14H14N2. The topological polar surface area (TPSA) is 16.1 Å². The predicted octanol–water partition coefficient (Wildman–Crippen LogP) is 2.62. The Hall–Kier alpha value is -1.83. The van der Waals surface area contributed by atoms with Gasteiger partial charge in [0.2, 0.25) is 0 Å². The number of fused-ring (bicyclic) bond motifs is 1. The van der Waals surface area contributed by atoms with Gasteiger partial charge in [-0.15, -0.1) is 0 Å². The third kappa shape index (κ3) is 1.67. The summed E-state index contributed by atoms with van der Waals surface area (Å²) in [6.07, 6.45) is 15.8. The molecule has 1 saturated heterocycles. The molecule has 2 heteroatoms. The maximum atomic E-state index is 4.04. The summed E-state index contributed by atoms with van der Waals surface area (Å²) in [4.78, 5) is 6.42. The maximum absolute atomic E-state index is 4.04. The number of aromatic nitrogens is 1. The second kappa shape index (κ2) is 3.97. The summed E-state index contributed by atoms with van der Waals surface area (Å²) in [6, 6.07) is 4.58. The fourth-order valence-electron chi connectivity index (χ4n) is 2.32. The number of hydrogen-bond acceptors (Lipinski definition) is 2. The Bertz CT molecular complexity index is 457. The zero-order chi connectivity index (χ0) is 10.8. The van der Waals surface area contributed by atoms with Gasteiger partial charge in [-0.3, -0.25) is 4.98 Å². The van der Waals surface area contributed by atoms with Gasteiger partial charge in [0, 0.05) is 18.9 Å². The lowest BCUT2D eigenvalue weighted by Gasteiger charge is -2.22. The van der Waals surface area contributed by atoms with Gasteiger partial charge in [0.25, 0.3) is 0 Å². The summed E-state index contributed by atoms with van der Waals surface area (Å²) in [5.41, 5.74) is 2.74. The van der Waals surface area contributed by atoms with Gasteiger partial charge in [-0.05, 0) is 42.0 Å². The van der Waals surface area contributed by atoms with Crippen molar-refractivity contribution in [2.45, 2.75) is 12.5 Å². The first-order valence-electron chi connectivity index (χ1n) is 5.65. The Kier molecular flexibility index (Phi) is 2.33. The molecule has 1 fully saturated rings. The van der Waals surface area contributed by atoms with E-state index >= 15 is 0 Å². The quantitative estimate of drug-likeness (QED) is 0.708. The zero-order valence-corrected chi connectivity index (χ0v) is 9.08. The van der Waals surface area contributed by atoms with Crippen molar-refractivity contribution in [3.05, 3.63) is 60.1 Å². The van der Waals surface area contributed by atoms with Gasteiger partial charge in [-0.1, -0.05) is 18.2 Å². The monoisotopic (exact) mass is 210 g/mol. The molecule has 2 aliphatic heterocycles. The smallest absolute Gasteiger partial charge is 0.0688 e. The lowest BCUT2D eigenvalue weighted by Crippen LogP contribution is -2.24. The minimum atomic E-state index is 0.471. The molecule has 0 spiro atoms. The maximum Gasteiger partial charge on any atom is 0.0688 e. The average Bonchev–Trinajstić information content (AvgIpc) is 2.74. The van der Waals surface area contributed by atoms with Crippen LogP contribution in [-0.2, 0) is 0 Å². The standard InChI is InChI=1S/C14H14N2/c1-2-9-16-10-6-13(14(16)3-1)11-12-4-7-15-8-5-12/h1-5,7-9,11,14H,6,10H2/b13-11+. The third-order valence-electron chi connectivity index (χ3n) is 3.14. The summed E-state index contributed by atoms with van der Waals surface area (Å²) in [5.74, 6) is 0. The summed E-state index contributed by atoms with van der Waals surface area (Å²) in [6.45, 7) is 1.13. The van der Waals surface area contributed by atoms with Gasteiger partial charge < -0.3 is 4.90 Å². The molecule has 1 atom stereocenters. The normalized spacial score (nSPS) is 25.1. The molecule has 2 aliphatic rings. The molecular weight excluding hydrogens is 196 g/mol. The predicted molar refractivity (Wildman–Crippen MR) is 65.6 cm³/mol. The van der Waals surface area contributed by atoms with Crippen molar-refractivity contribution in [2.24, 2.45) is 0 Å². The lowest BCUT2D eigenvalue weighted by molar-refractivity contribution is 0.413. The molecule has 0 aromatic carbocycles. The van der Waals surface area contributed by atoms with Crippen molar-refractivity contribution in [3.63, 3.8) is 0 Å². The van der Waals surface area contributed by atoms with E-state index in [1.807, 2.05) is 12.4 Å². The van der Waals surface area contributed by atoms with Gasteiger partial charge in [-0.25, -0.2) is 0 Å². The van der Waals surface area contributed by atoms with Gasteiger partial charge in [0.15, 0.2) is 0 Å². The molecule has 80 valence electrons. The fourth-order valence-corrected chi connectivity index (χ4v) is 2.32. The first kappa shape index (κ1) is 9.40. The first-order chi connectivity index (χ1) is 7.93. The van der Waals surface area contributed by atoms with E-state index in [1.54, 1.807) is 0 Å². The molecule has 0 saturated carbocycles. The Labute approximate surface area is 95.6 Å². The van der Waals surface area contributed by atoms with Gasteiger partial charge in [0.1, 0.15) is 0 Å². The molecule has 0 N–H and O–H groups in total. The SMILES string of the molecule is C1=CC2/C(=C/c3ccncc3)CCN2C=C1. The van der Waals surface area contributed by atoms with Crippen LogP contribution in [-0.4, -0.2) is 22.5 Å². The van der Waals surface area contributed by atoms with Crippen LogP contribution in [0, 0.1) is 0 Å². The Morgan fingerprint density at radius 2 is 2.12 bits per heavy atom. The number of pyridine rings is 1. The largest absolute Gasteiger partial charge is 0.367 e. The van der Waals surface area contributed by atoms with Gasteiger partial charge >= 0.3 is 0 Å². The molecule has 1 aromatic rings. The molecule has 3 rings (SSSR count). The molecule has 0 radical (unpaired) electrons. The Balaban J connectivity index is 1.89. The minimum absolute atomic E-state index is 0.471. The van der Waals surface area contributed by atoms with Crippen LogP contribution < -0.4 is 0 Å². The van der Waals surface area contributed by atoms with E-state index < -0.39 is 0 Å². The van der Waals surface area contributed by atoms with E-state index in [4.69, 9.17) is 0 Å². The highest BCUT2D eigenvalue weighted by atomic mass is 15.2. The van der Waals surface area contributed by atoms with E-state index in [1.165, 1.54) is 11.1 Å². The van der Waals surface area contributed by atoms with Crippen molar-refractivity contribution in [3.8, 4) is 0 Å². The van der Waals surface area contributed by atoms with Crippen molar-refractivity contribution >= 4 is 6.08 Å². The van der Waals surface area contributed by atoms with E-state index in [0.717, 1.165) is 13.0 Å². The highest BCUT2D eigenvalue weighted by Crippen LogP contribution is 2.28. The molecule has 1 unspecified atom stereocenters. The van der Waals surface area contributed by atoms with Crippen LogP contribution in [0.5, 0.6) is 0 Å². The second-order valence-electron chi connectivity index (χ2n) is 4.16. The van der Waals surface area contributed by atoms with Crippen LogP contribution in [0.25, 0.3) is 6.08 Å². The van der Waals surface area contributed by atoms with E-state index in [0.29, 0.717) is 6.04 Å². The summed E-state index contributed by atoms with van der Waals surface area (Å²) < 4.78 is 0. The van der Waals surface area contributed by atoms with E-state index in [-0.39, 0.29) is 0 Å². The van der Waals surface area contributed by atoms with Crippen molar-refractivity contribution < 1.29 is 0 Å². The molecule has 3 heterocycles. The van der Waals surface area contributed by atoms with Crippen molar-refractivity contribution in [1.82, 2.24) is 9.88 Å². The highest BCUT2D eigenvalue weighted by molar-refractivity contribution is 5.55. The number of rotatable bonds is 1. The number of hydrogen-bond donors (Lipinski definition) is 0. The van der Waals surface area contributed by atoms with Crippen LogP contribution in [0.15, 0.2) is 54.5 Å². The zero-order valence-electron chi connectivity index (χ0n) is 9.08. The summed E-state index contributed by atoms with van der Waals surface area (Å²) >= 11 is 0. The number of allylic oxidation sites excluding steroid dienone is 2. The molecule has 0 bridgehead atoms. The van der Waals surface area contributed by atoms with E-state index in [9.17, 15) is 0 Å². The van der Waals surface area contributed by atoms with Crippen LogP contribution in [0.2, 0.25) is 0 Å². The minimum Gasteiger partial charge on any atom is -0.367 e. The van der Waals surface area contributed by atoms with Gasteiger partial charge in [0.05, 0.1) is 6.04 Å². The average molecular weight is 210 g/mol. The summed E-state index contributed by atoms with van der Waals surface area (Å²) in [7, 11) is 0. The second-order valence-corrected chi connectivity index (χ2v) is 4.16. The van der Waals surface area contributed by atoms with Crippen molar-refractivity contribution in [2.75, 3.05) is 6.54 Å². The van der Waals surface area contributed by atoms with Crippen molar-refractivity contribution in [1.29, 1.82) is 0 Å². The van der Waals surface area contributed by atoms with Crippen LogP contribution in [0.3, 0.4) is 0 Å². The summed E-state index contributed by atoms with van der Waals surface area (Å²) in [5, 5.41) is 0. The van der Waals surface area contributed by atoms with Gasteiger partial charge in [-0.2, -0.15) is 0 Å². The first-order valence-corrected chi connectivity index (χ1v) is 5.65. The van der Waals surface area contributed by atoms with Crippen LogP contribution >= 0.6 is 0 Å². The Morgan fingerprint density at radius 1 is 1.25 bits per heavy atom. The van der Waals surface area contributed by atoms with E-state index in [2.05, 4.69) is 52.5 Å². The fraction of sp³-hybridized carbons (Fsp3) is 0.214.